The van der Waals surface area contributed by atoms with Gasteiger partial charge >= 0.3 is 0 Å². The molecular weight excluding hydrogens is 470 g/mol. The second-order valence-corrected chi connectivity index (χ2v) is 10.9. The zero-order chi connectivity index (χ0) is 24.0. The van der Waals surface area contributed by atoms with E-state index in [0.29, 0.717) is 6.54 Å². The highest BCUT2D eigenvalue weighted by atomic mass is 32.2. The van der Waals surface area contributed by atoms with Crippen molar-refractivity contribution in [2.24, 2.45) is 4.99 Å². The minimum Gasteiger partial charge on any atom is -0.369 e. The predicted molar refractivity (Wildman–Crippen MR) is 149 cm³/mol. The van der Waals surface area contributed by atoms with Crippen LogP contribution in [0.1, 0.15) is 12.0 Å². The SMILES string of the molecule is CN(c1ccccc1S)[C@H]1CC12SC(=Nc1ccc3ccccc3c1)N(Cc1ccccc1)C2=O. The van der Waals surface area contributed by atoms with Crippen molar-refractivity contribution in [2.75, 3.05) is 11.9 Å². The Balaban J connectivity index is 1.36. The molecule has 1 heterocycles. The number of nitrogens with zero attached hydrogens (tertiary/aromatic N) is 3. The maximum Gasteiger partial charge on any atom is 0.247 e. The van der Waals surface area contributed by atoms with E-state index in [2.05, 4.69) is 67.0 Å². The molecule has 4 nitrogen and oxygen atoms in total. The molecular formula is C29H25N3OS2. The number of hydrogen-bond donors (Lipinski definition) is 1. The van der Waals surface area contributed by atoms with Crippen molar-refractivity contribution >= 4 is 57.6 Å². The van der Waals surface area contributed by atoms with E-state index >= 15 is 0 Å². The van der Waals surface area contributed by atoms with E-state index in [4.69, 9.17) is 4.99 Å². The minimum absolute atomic E-state index is 0.0934. The van der Waals surface area contributed by atoms with Gasteiger partial charge in [0.05, 0.1) is 24.0 Å². The van der Waals surface area contributed by atoms with Gasteiger partial charge in [-0.15, -0.1) is 12.6 Å². The lowest BCUT2D eigenvalue weighted by Gasteiger charge is -2.23. The third kappa shape index (κ3) is 4.01. The Hall–Kier alpha value is -3.22. The van der Waals surface area contributed by atoms with Gasteiger partial charge in [0.15, 0.2) is 5.17 Å². The molecule has 2 fully saturated rings. The van der Waals surface area contributed by atoms with Gasteiger partial charge in [0, 0.05) is 11.9 Å². The fourth-order valence-corrected chi connectivity index (χ4v) is 6.66. The molecule has 4 aromatic rings. The lowest BCUT2D eigenvalue weighted by Crippen LogP contribution is -2.37. The van der Waals surface area contributed by atoms with Gasteiger partial charge in [0.1, 0.15) is 4.75 Å². The van der Waals surface area contributed by atoms with E-state index in [-0.39, 0.29) is 11.9 Å². The number of amides is 1. The van der Waals surface area contributed by atoms with Crippen LogP contribution in [0.5, 0.6) is 0 Å². The number of carbonyl (C=O) groups excluding carboxylic acids is 1. The molecule has 0 N–H and O–H groups in total. The number of benzene rings is 4. The quantitative estimate of drug-likeness (QED) is 0.319. The minimum atomic E-state index is -0.519. The van der Waals surface area contributed by atoms with Gasteiger partial charge in [-0.3, -0.25) is 9.69 Å². The summed E-state index contributed by atoms with van der Waals surface area (Å²) in [5, 5.41) is 3.09. The van der Waals surface area contributed by atoms with Gasteiger partial charge in [0.2, 0.25) is 5.91 Å². The van der Waals surface area contributed by atoms with E-state index < -0.39 is 4.75 Å². The van der Waals surface area contributed by atoms with Crippen molar-refractivity contribution in [3.05, 3.63) is 103 Å². The van der Waals surface area contributed by atoms with Crippen LogP contribution in [-0.4, -0.2) is 33.8 Å². The smallest absolute Gasteiger partial charge is 0.247 e. The number of thiol groups is 1. The van der Waals surface area contributed by atoms with Crippen molar-refractivity contribution in [3.8, 4) is 0 Å². The molecule has 1 amide bonds. The van der Waals surface area contributed by atoms with Crippen LogP contribution < -0.4 is 4.90 Å². The van der Waals surface area contributed by atoms with Crippen LogP contribution in [0, 0.1) is 0 Å². The summed E-state index contributed by atoms with van der Waals surface area (Å²) in [6.07, 6.45) is 0.789. The number of amidine groups is 1. The molecule has 0 aromatic heterocycles. The zero-order valence-electron chi connectivity index (χ0n) is 19.3. The highest BCUT2D eigenvalue weighted by Crippen LogP contribution is 2.58. The molecule has 1 unspecified atom stereocenters. The monoisotopic (exact) mass is 495 g/mol. The summed E-state index contributed by atoms with van der Waals surface area (Å²) in [4.78, 5) is 23.9. The van der Waals surface area contributed by atoms with Crippen molar-refractivity contribution < 1.29 is 4.79 Å². The fraction of sp³-hybridized carbons (Fsp3) is 0.172. The molecule has 6 heteroatoms. The van der Waals surface area contributed by atoms with Gasteiger partial charge in [-0.05, 0) is 47.0 Å². The van der Waals surface area contributed by atoms with Crippen molar-refractivity contribution in [1.82, 2.24) is 4.90 Å². The Kier molecular flexibility index (Phi) is 5.58. The van der Waals surface area contributed by atoms with E-state index in [1.165, 1.54) is 5.39 Å². The summed E-state index contributed by atoms with van der Waals surface area (Å²) >= 11 is 6.25. The van der Waals surface area contributed by atoms with Crippen LogP contribution in [0.15, 0.2) is 107 Å². The molecule has 1 aliphatic carbocycles. The van der Waals surface area contributed by atoms with Crippen LogP contribution in [0.4, 0.5) is 11.4 Å². The molecule has 0 radical (unpaired) electrons. The normalized spacial score (nSPS) is 22.3. The summed E-state index contributed by atoms with van der Waals surface area (Å²) in [6.45, 7) is 0.514. The average Bonchev–Trinajstić information content (AvgIpc) is 3.56. The molecule has 174 valence electrons. The Bertz CT molecular complexity index is 1450. The summed E-state index contributed by atoms with van der Waals surface area (Å²) in [7, 11) is 2.06. The van der Waals surface area contributed by atoms with E-state index in [1.807, 2.05) is 59.5 Å². The van der Waals surface area contributed by atoms with Crippen LogP contribution in [0.25, 0.3) is 10.8 Å². The number of rotatable bonds is 5. The largest absolute Gasteiger partial charge is 0.369 e. The van der Waals surface area contributed by atoms with E-state index in [9.17, 15) is 4.79 Å². The highest BCUT2D eigenvalue weighted by Gasteiger charge is 2.69. The van der Waals surface area contributed by atoms with Crippen molar-refractivity contribution in [2.45, 2.75) is 28.6 Å². The molecule has 4 aromatic carbocycles. The summed E-state index contributed by atoms with van der Waals surface area (Å²) in [5.74, 6) is 0.138. The fourth-order valence-electron chi connectivity index (χ4n) is 4.87. The standard InChI is InChI=1S/C29H25N3OS2/c1-31(24-13-7-8-14-25(24)34)26-18-29(26)27(33)32(19-20-9-3-2-4-10-20)28(35-29)30-23-16-15-21-11-5-6-12-22(21)17-23/h2-17,26,34H,18-19H2,1H3/t26-,29?/m0/s1. The Morgan fingerprint density at radius 1 is 0.971 bits per heavy atom. The molecule has 35 heavy (non-hydrogen) atoms. The second-order valence-electron chi connectivity index (χ2n) is 9.11. The van der Waals surface area contributed by atoms with Gasteiger partial charge < -0.3 is 4.90 Å². The Morgan fingerprint density at radius 3 is 2.49 bits per heavy atom. The maximum absolute atomic E-state index is 13.9. The molecule has 2 aliphatic rings. The first-order valence-corrected chi connectivity index (χ1v) is 12.9. The summed E-state index contributed by atoms with van der Waals surface area (Å²) in [5.41, 5.74) is 3.00. The topological polar surface area (TPSA) is 35.9 Å². The highest BCUT2D eigenvalue weighted by molar-refractivity contribution is 8.16. The lowest BCUT2D eigenvalue weighted by atomic mass is 10.1. The van der Waals surface area contributed by atoms with Crippen LogP contribution in [-0.2, 0) is 11.3 Å². The van der Waals surface area contributed by atoms with Gasteiger partial charge in [0.25, 0.3) is 0 Å². The number of carbonyl (C=O) groups is 1. The molecule has 0 bridgehead atoms. The zero-order valence-corrected chi connectivity index (χ0v) is 21.0. The van der Waals surface area contributed by atoms with Gasteiger partial charge in [-0.2, -0.15) is 0 Å². The second kappa shape index (κ2) is 8.77. The van der Waals surface area contributed by atoms with Crippen LogP contribution >= 0.6 is 24.4 Å². The summed E-state index contributed by atoms with van der Waals surface area (Å²) in [6, 6.07) is 32.7. The number of para-hydroxylation sites is 1. The first kappa shape index (κ1) is 22.3. The Morgan fingerprint density at radius 2 is 1.69 bits per heavy atom. The van der Waals surface area contributed by atoms with Crippen LogP contribution in [0.3, 0.4) is 0 Å². The van der Waals surface area contributed by atoms with E-state index in [1.54, 1.807) is 11.8 Å². The molecule has 1 saturated heterocycles. The molecule has 6 rings (SSSR count). The maximum atomic E-state index is 13.9. The first-order chi connectivity index (χ1) is 17.0. The predicted octanol–water partition coefficient (Wildman–Crippen LogP) is 6.54. The summed E-state index contributed by atoms with van der Waals surface area (Å²) < 4.78 is -0.519. The molecule has 1 spiro atoms. The first-order valence-electron chi connectivity index (χ1n) is 11.7. The number of thioether (sulfide) groups is 1. The number of fused-ring (bicyclic) bond motifs is 1. The lowest BCUT2D eigenvalue weighted by molar-refractivity contribution is -0.127. The number of aliphatic imine (C=N–C) groups is 1. The van der Waals surface area contributed by atoms with Gasteiger partial charge in [-0.25, -0.2) is 4.99 Å². The molecule has 1 saturated carbocycles. The third-order valence-corrected chi connectivity index (χ3v) is 8.71. The number of anilines is 1. The molecule has 1 aliphatic heterocycles. The van der Waals surface area contributed by atoms with Crippen molar-refractivity contribution in [3.63, 3.8) is 0 Å². The van der Waals surface area contributed by atoms with E-state index in [0.717, 1.165) is 38.8 Å². The Labute approximate surface area is 215 Å². The number of hydrogen-bond acceptors (Lipinski definition) is 5. The third-order valence-electron chi connectivity index (χ3n) is 6.86. The van der Waals surface area contributed by atoms with Crippen LogP contribution in [0.2, 0.25) is 0 Å². The molecule has 2 atom stereocenters. The average molecular weight is 496 g/mol. The van der Waals surface area contributed by atoms with Gasteiger partial charge in [-0.1, -0.05) is 84.6 Å². The van der Waals surface area contributed by atoms with Crippen molar-refractivity contribution in [1.29, 1.82) is 0 Å².